The summed E-state index contributed by atoms with van der Waals surface area (Å²) < 4.78 is 5.08. The van der Waals surface area contributed by atoms with Crippen LogP contribution in [0.5, 0.6) is 0 Å². The molecule has 0 saturated heterocycles. The van der Waals surface area contributed by atoms with Crippen molar-refractivity contribution in [3.63, 3.8) is 0 Å². The first-order valence-corrected chi connectivity index (χ1v) is 5.23. The summed E-state index contributed by atoms with van der Waals surface area (Å²) in [5, 5.41) is 0. The number of unbranched alkanes of at least 4 members (excludes halogenated alkanes) is 2. The fraction of sp³-hybridized carbons (Fsp3) is 0.750. The predicted octanol–water partition coefficient (Wildman–Crippen LogP) is 2.77. The first kappa shape index (κ1) is 13.0. The number of hydrogen-bond acceptors (Lipinski definition) is 2. The molecule has 0 amide bonds. The molecular weight excluding hydrogens is 176 g/mol. The SMILES string of the molecule is CCCCC#CC(OC(C)=O)C(C)C. The van der Waals surface area contributed by atoms with E-state index in [4.69, 9.17) is 4.74 Å². The summed E-state index contributed by atoms with van der Waals surface area (Å²) in [7, 11) is 0. The third-order valence-electron chi connectivity index (χ3n) is 1.80. The van der Waals surface area contributed by atoms with Crippen molar-refractivity contribution in [2.75, 3.05) is 0 Å². The lowest BCUT2D eigenvalue weighted by Gasteiger charge is -2.14. The molecule has 1 atom stereocenters. The normalized spacial score (nSPS) is 11.8. The zero-order chi connectivity index (χ0) is 11.0. The zero-order valence-electron chi connectivity index (χ0n) is 9.59. The molecule has 0 bridgehead atoms. The number of ether oxygens (including phenoxy) is 1. The van der Waals surface area contributed by atoms with E-state index in [0.29, 0.717) is 0 Å². The van der Waals surface area contributed by atoms with Gasteiger partial charge in [0, 0.05) is 19.3 Å². The molecule has 0 rings (SSSR count). The van der Waals surface area contributed by atoms with Crippen LogP contribution in [0.2, 0.25) is 0 Å². The lowest BCUT2D eigenvalue weighted by atomic mass is 10.1. The predicted molar refractivity (Wildman–Crippen MR) is 57.7 cm³/mol. The molecule has 0 aromatic carbocycles. The fourth-order valence-corrected chi connectivity index (χ4v) is 0.949. The molecule has 0 fully saturated rings. The zero-order valence-corrected chi connectivity index (χ0v) is 9.59. The van der Waals surface area contributed by atoms with Crippen molar-refractivity contribution < 1.29 is 9.53 Å². The molecule has 0 aliphatic rings. The average Bonchev–Trinajstić information content (AvgIpc) is 2.09. The Morgan fingerprint density at radius 2 is 2.07 bits per heavy atom. The van der Waals surface area contributed by atoms with Gasteiger partial charge in [0.15, 0.2) is 6.10 Å². The van der Waals surface area contributed by atoms with Gasteiger partial charge >= 0.3 is 5.97 Å². The van der Waals surface area contributed by atoms with Crippen molar-refractivity contribution in [2.45, 2.75) is 53.1 Å². The number of rotatable bonds is 4. The van der Waals surface area contributed by atoms with E-state index >= 15 is 0 Å². The minimum Gasteiger partial charge on any atom is -0.449 e. The van der Waals surface area contributed by atoms with Crippen molar-refractivity contribution in [2.24, 2.45) is 5.92 Å². The van der Waals surface area contributed by atoms with Crippen LogP contribution in [0.1, 0.15) is 47.0 Å². The minimum absolute atomic E-state index is 0.246. The van der Waals surface area contributed by atoms with E-state index in [-0.39, 0.29) is 18.0 Å². The first-order chi connectivity index (χ1) is 6.57. The van der Waals surface area contributed by atoms with E-state index in [1.54, 1.807) is 0 Å². The molecule has 0 N–H and O–H groups in total. The van der Waals surface area contributed by atoms with Crippen LogP contribution in [-0.4, -0.2) is 12.1 Å². The van der Waals surface area contributed by atoms with Gasteiger partial charge in [-0.1, -0.05) is 39.0 Å². The van der Waals surface area contributed by atoms with Crippen molar-refractivity contribution in [3.8, 4) is 11.8 Å². The minimum atomic E-state index is -0.256. The average molecular weight is 196 g/mol. The Hall–Kier alpha value is -0.970. The molecule has 0 spiro atoms. The number of esters is 1. The second-order valence-corrected chi connectivity index (χ2v) is 3.70. The first-order valence-electron chi connectivity index (χ1n) is 5.23. The highest BCUT2D eigenvalue weighted by molar-refractivity contribution is 5.66. The molecule has 0 radical (unpaired) electrons. The maximum atomic E-state index is 10.8. The van der Waals surface area contributed by atoms with E-state index in [2.05, 4.69) is 18.8 Å². The summed E-state index contributed by atoms with van der Waals surface area (Å²) in [6, 6.07) is 0. The van der Waals surface area contributed by atoms with E-state index in [1.165, 1.54) is 6.92 Å². The molecule has 2 heteroatoms. The summed E-state index contributed by atoms with van der Waals surface area (Å²) in [5.74, 6) is 6.04. The maximum absolute atomic E-state index is 10.8. The standard InChI is InChI=1S/C12H20O2/c1-5-6-7-8-9-12(10(2)3)14-11(4)13/h10,12H,5-7H2,1-4H3. The van der Waals surface area contributed by atoms with Gasteiger partial charge in [-0.25, -0.2) is 0 Å². The van der Waals surface area contributed by atoms with Crippen LogP contribution >= 0.6 is 0 Å². The third-order valence-corrected chi connectivity index (χ3v) is 1.80. The summed E-state index contributed by atoms with van der Waals surface area (Å²) >= 11 is 0. The van der Waals surface area contributed by atoms with Crippen LogP contribution in [0.3, 0.4) is 0 Å². The Morgan fingerprint density at radius 1 is 1.43 bits per heavy atom. The monoisotopic (exact) mass is 196 g/mol. The molecule has 1 unspecified atom stereocenters. The van der Waals surface area contributed by atoms with Crippen molar-refractivity contribution in [1.82, 2.24) is 0 Å². The Bertz CT molecular complexity index is 220. The van der Waals surface area contributed by atoms with Crippen LogP contribution in [0.4, 0.5) is 0 Å². The molecule has 80 valence electrons. The summed E-state index contributed by atoms with van der Waals surface area (Å²) in [4.78, 5) is 10.8. The van der Waals surface area contributed by atoms with E-state index in [9.17, 15) is 4.79 Å². The maximum Gasteiger partial charge on any atom is 0.303 e. The van der Waals surface area contributed by atoms with Gasteiger partial charge in [-0.3, -0.25) is 4.79 Å². The lowest BCUT2D eigenvalue weighted by molar-refractivity contribution is -0.145. The molecular formula is C12H20O2. The summed E-state index contributed by atoms with van der Waals surface area (Å²) in [6.45, 7) is 7.56. The van der Waals surface area contributed by atoms with Crippen LogP contribution in [0.25, 0.3) is 0 Å². The van der Waals surface area contributed by atoms with Crippen LogP contribution in [-0.2, 0) is 9.53 Å². The number of carbonyl (C=O) groups is 1. The Balaban J connectivity index is 4.05. The van der Waals surface area contributed by atoms with Crippen LogP contribution in [0, 0.1) is 17.8 Å². The van der Waals surface area contributed by atoms with Gasteiger partial charge < -0.3 is 4.74 Å². The highest BCUT2D eigenvalue weighted by atomic mass is 16.5. The molecule has 0 aromatic heterocycles. The van der Waals surface area contributed by atoms with E-state index in [1.807, 2.05) is 13.8 Å². The van der Waals surface area contributed by atoms with Gasteiger partial charge in [-0.05, 0) is 6.42 Å². The summed E-state index contributed by atoms with van der Waals surface area (Å²) in [6.07, 6.45) is 2.90. The van der Waals surface area contributed by atoms with Gasteiger partial charge in [0.1, 0.15) is 0 Å². The highest BCUT2D eigenvalue weighted by Gasteiger charge is 2.12. The van der Waals surface area contributed by atoms with E-state index in [0.717, 1.165) is 19.3 Å². The van der Waals surface area contributed by atoms with Crippen molar-refractivity contribution >= 4 is 5.97 Å². The Labute approximate surface area is 87.0 Å². The van der Waals surface area contributed by atoms with Gasteiger partial charge in [0.2, 0.25) is 0 Å². The molecule has 0 heterocycles. The molecule has 0 saturated carbocycles. The second-order valence-electron chi connectivity index (χ2n) is 3.70. The topological polar surface area (TPSA) is 26.3 Å². The van der Waals surface area contributed by atoms with Crippen LogP contribution < -0.4 is 0 Å². The van der Waals surface area contributed by atoms with Gasteiger partial charge in [0.05, 0.1) is 0 Å². The molecule has 2 nitrogen and oxygen atoms in total. The Morgan fingerprint density at radius 3 is 2.50 bits per heavy atom. The Kier molecular flexibility index (Phi) is 6.92. The quantitative estimate of drug-likeness (QED) is 0.392. The third kappa shape index (κ3) is 6.54. The second kappa shape index (κ2) is 7.44. The van der Waals surface area contributed by atoms with Gasteiger partial charge in [0.25, 0.3) is 0 Å². The van der Waals surface area contributed by atoms with Crippen LogP contribution in [0.15, 0.2) is 0 Å². The molecule has 0 aliphatic heterocycles. The van der Waals surface area contributed by atoms with E-state index < -0.39 is 0 Å². The van der Waals surface area contributed by atoms with Crippen molar-refractivity contribution in [1.29, 1.82) is 0 Å². The molecule has 14 heavy (non-hydrogen) atoms. The summed E-state index contributed by atoms with van der Waals surface area (Å²) in [5.41, 5.74) is 0. The van der Waals surface area contributed by atoms with Gasteiger partial charge in [-0.15, -0.1) is 0 Å². The largest absolute Gasteiger partial charge is 0.449 e. The lowest BCUT2D eigenvalue weighted by Crippen LogP contribution is -2.20. The smallest absolute Gasteiger partial charge is 0.303 e. The van der Waals surface area contributed by atoms with Crippen molar-refractivity contribution in [3.05, 3.63) is 0 Å². The number of hydrogen-bond donors (Lipinski definition) is 0. The number of carbonyl (C=O) groups excluding carboxylic acids is 1. The molecule has 0 aliphatic carbocycles. The fourth-order valence-electron chi connectivity index (χ4n) is 0.949. The molecule has 0 aromatic rings. The highest BCUT2D eigenvalue weighted by Crippen LogP contribution is 2.05. The van der Waals surface area contributed by atoms with Gasteiger partial charge in [-0.2, -0.15) is 0 Å².